The van der Waals surface area contributed by atoms with Gasteiger partial charge >= 0.3 is 19.8 Å². The second-order valence-corrected chi connectivity index (χ2v) is 5.31. The summed E-state index contributed by atoms with van der Waals surface area (Å²) in [4.78, 5) is 30.5. The molecule has 3 atom stereocenters. The predicted molar refractivity (Wildman–Crippen MR) is 64.2 cm³/mol. The van der Waals surface area contributed by atoms with Crippen LogP contribution in [0.4, 0.5) is 0 Å². The fraction of sp³-hybridized carbons (Fsp3) is 0.800. The first-order valence-corrected chi connectivity index (χ1v) is 7.08. The molecule has 3 unspecified atom stereocenters. The monoisotopic (exact) mass is 298 g/mol. The van der Waals surface area contributed by atoms with Crippen molar-refractivity contribution in [3.63, 3.8) is 0 Å². The second-order valence-electron chi connectivity index (χ2n) is 3.90. The SMILES string of the molecule is CC(=O)OCC(C)OP(=O)(O)OCC(C)OC(C)=O. The van der Waals surface area contributed by atoms with Crippen LogP contribution in [-0.2, 0) is 32.7 Å². The highest BCUT2D eigenvalue weighted by Gasteiger charge is 2.26. The van der Waals surface area contributed by atoms with Gasteiger partial charge in [-0.25, -0.2) is 4.57 Å². The molecule has 0 saturated carbocycles. The van der Waals surface area contributed by atoms with Crippen molar-refractivity contribution in [2.24, 2.45) is 0 Å². The summed E-state index contributed by atoms with van der Waals surface area (Å²) < 4.78 is 30.2. The fourth-order valence-corrected chi connectivity index (χ4v) is 2.01. The Hall–Kier alpha value is -0.950. The summed E-state index contributed by atoms with van der Waals surface area (Å²) in [6.07, 6.45) is -1.48. The van der Waals surface area contributed by atoms with Crippen molar-refractivity contribution < 1.29 is 37.6 Å². The van der Waals surface area contributed by atoms with E-state index in [4.69, 9.17) is 9.26 Å². The molecule has 0 fully saturated rings. The molecule has 0 rings (SSSR count). The number of hydrogen-bond donors (Lipinski definition) is 1. The van der Waals surface area contributed by atoms with Crippen molar-refractivity contribution in [1.82, 2.24) is 0 Å². The van der Waals surface area contributed by atoms with Gasteiger partial charge in [-0.05, 0) is 13.8 Å². The van der Waals surface area contributed by atoms with Crippen molar-refractivity contribution in [3.05, 3.63) is 0 Å². The summed E-state index contributed by atoms with van der Waals surface area (Å²) in [6, 6.07) is 0. The lowest BCUT2D eigenvalue weighted by Gasteiger charge is -2.19. The van der Waals surface area contributed by atoms with Gasteiger partial charge in [-0.2, -0.15) is 0 Å². The summed E-state index contributed by atoms with van der Waals surface area (Å²) in [5, 5.41) is 0. The summed E-state index contributed by atoms with van der Waals surface area (Å²) in [5.74, 6) is -1.04. The standard InChI is InChI=1S/C10H19O8P/c1-7(17-10(4)12)6-16-19(13,14)18-8(2)5-15-9(3)11/h7-8H,5-6H2,1-4H3,(H,13,14). The highest BCUT2D eigenvalue weighted by Crippen LogP contribution is 2.44. The Kier molecular flexibility index (Phi) is 7.85. The van der Waals surface area contributed by atoms with Crippen LogP contribution in [0.5, 0.6) is 0 Å². The number of phosphoric ester groups is 1. The van der Waals surface area contributed by atoms with Crippen molar-refractivity contribution in [2.45, 2.75) is 39.9 Å². The van der Waals surface area contributed by atoms with E-state index in [1.54, 1.807) is 0 Å². The minimum absolute atomic E-state index is 0.164. The lowest BCUT2D eigenvalue weighted by Crippen LogP contribution is -2.20. The molecule has 9 heteroatoms. The Morgan fingerprint density at radius 2 is 1.68 bits per heavy atom. The average Bonchev–Trinajstić information content (AvgIpc) is 2.22. The van der Waals surface area contributed by atoms with Gasteiger partial charge in [-0.15, -0.1) is 0 Å². The van der Waals surface area contributed by atoms with E-state index < -0.39 is 32.0 Å². The Balaban J connectivity index is 4.06. The van der Waals surface area contributed by atoms with Gasteiger partial charge in [-0.3, -0.25) is 18.6 Å². The number of hydrogen-bond acceptors (Lipinski definition) is 7. The van der Waals surface area contributed by atoms with Crippen molar-refractivity contribution in [3.8, 4) is 0 Å². The van der Waals surface area contributed by atoms with Gasteiger partial charge in [0.05, 0.1) is 6.61 Å². The Labute approximate surface area is 111 Å². The second kappa shape index (κ2) is 8.27. The van der Waals surface area contributed by atoms with Crippen LogP contribution >= 0.6 is 7.82 Å². The highest BCUT2D eigenvalue weighted by atomic mass is 31.2. The van der Waals surface area contributed by atoms with Gasteiger partial charge < -0.3 is 14.4 Å². The molecule has 8 nitrogen and oxygen atoms in total. The third-order valence-electron chi connectivity index (χ3n) is 1.67. The van der Waals surface area contributed by atoms with Gasteiger partial charge in [0.25, 0.3) is 0 Å². The zero-order valence-electron chi connectivity index (χ0n) is 11.3. The van der Waals surface area contributed by atoms with Gasteiger partial charge in [0, 0.05) is 13.8 Å². The molecule has 0 aliphatic rings. The molecule has 0 aromatic heterocycles. The quantitative estimate of drug-likeness (QED) is 0.522. The van der Waals surface area contributed by atoms with Crippen LogP contribution in [-0.4, -0.2) is 42.3 Å². The minimum atomic E-state index is -4.29. The lowest BCUT2D eigenvalue weighted by atomic mass is 10.4. The highest BCUT2D eigenvalue weighted by molar-refractivity contribution is 7.47. The third-order valence-corrected chi connectivity index (χ3v) is 2.78. The molecule has 1 N–H and O–H groups in total. The summed E-state index contributed by atoms with van der Waals surface area (Å²) >= 11 is 0. The zero-order valence-corrected chi connectivity index (χ0v) is 12.2. The molecular formula is C10H19O8P. The summed E-state index contributed by atoms with van der Waals surface area (Å²) in [6.45, 7) is 4.93. The molecule has 0 bridgehead atoms. The topological polar surface area (TPSA) is 108 Å². The van der Waals surface area contributed by atoms with Crippen LogP contribution in [0.3, 0.4) is 0 Å². The van der Waals surface area contributed by atoms with E-state index in [1.807, 2.05) is 0 Å². The summed E-state index contributed by atoms with van der Waals surface area (Å²) in [7, 11) is -4.29. The van der Waals surface area contributed by atoms with E-state index in [2.05, 4.69) is 9.26 Å². The van der Waals surface area contributed by atoms with Crippen LogP contribution < -0.4 is 0 Å². The van der Waals surface area contributed by atoms with E-state index >= 15 is 0 Å². The third kappa shape index (κ3) is 10.6. The fourth-order valence-electron chi connectivity index (χ4n) is 1.04. The van der Waals surface area contributed by atoms with E-state index in [0.29, 0.717) is 0 Å². The van der Waals surface area contributed by atoms with Crippen LogP contribution in [0.15, 0.2) is 0 Å². The molecule has 0 spiro atoms. The molecule has 0 heterocycles. The molecule has 0 aromatic rings. The average molecular weight is 298 g/mol. The maximum atomic E-state index is 11.5. The number of phosphoric acid groups is 1. The maximum Gasteiger partial charge on any atom is 0.472 e. The van der Waals surface area contributed by atoms with Crippen LogP contribution in [0.1, 0.15) is 27.7 Å². The number of ether oxygens (including phenoxy) is 2. The zero-order chi connectivity index (χ0) is 15.1. The largest absolute Gasteiger partial charge is 0.472 e. The van der Waals surface area contributed by atoms with Gasteiger partial charge in [0.2, 0.25) is 0 Å². The molecule has 0 aliphatic heterocycles. The van der Waals surface area contributed by atoms with E-state index in [9.17, 15) is 19.0 Å². The van der Waals surface area contributed by atoms with Crippen LogP contribution in [0.25, 0.3) is 0 Å². The predicted octanol–water partition coefficient (Wildman–Crippen LogP) is 1.02. The number of carbonyl (C=O) groups excluding carboxylic acids is 2. The first-order valence-electron chi connectivity index (χ1n) is 5.58. The van der Waals surface area contributed by atoms with Gasteiger partial charge in [-0.1, -0.05) is 0 Å². The number of carbonyl (C=O) groups is 2. The van der Waals surface area contributed by atoms with Gasteiger partial charge in [0.15, 0.2) is 0 Å². The minimum Gasteiger partial charge on any atom is -0.463 e. The molecule has 0 aromatic carbocycles. The molecule has 0 saturated heterocycles. The lowest BCUT2D eigenvalue weighted by molar-refractivity contribution is -0.147. The van der Waals surface area contributed by atoms with Crippen molar-refractivity contribution >= 4 is 19.8 Å². The van der Waals surface area contributed by atoms with Crippen LogP contribution in [0.2, 0.25) is 0 Å². The van der Waals surface area contributed by atoms with Crippen LogP contribution in [0, 0.1) is 0 Å². The normalized spacial score (nSPS) is 17.1. The molecule has 112 valence electrons. The Morgan fingerprint density at radius 1 is 1.11 bits per heavy atom. The summed E-state index contributed by atoms with van der Waals surface area (Å²) in [5.41, 5.74) is 0. The first kappa shape index (κ1) is 18.0. The molecule has 19 heavy (non-hydrogen) atoms. The molecule has 0 radical (unpaired) electrons. The molecular weight excluding hydrogens is 279 g/mol. The van der Waals surface area contributed by atoms with Crippen molar-refractivity contribution in [1.29, 1.82) is 0 Å². The number of esters is 2. The molecule has 0 amide bonds. The van der Waals surface area contributed by atoms with Gasteiger partial charge in [0.1, 0.15) is 18.8 Å². The molecule has 0 aliphatic carbocycles. The maximum absolute atomic E-state index is 11.5. The Bertz CT molecular complexity index is 355. The Morgan fingerprint density at radius 3 is 2.16 bits per heavy atom. The van der Waals surface area contributed by atoms with E-state index in [-0.39, 0.29) is 13.2 Å². The first-order chi connectivity index (χ1) is 8.62. The van der Waals surface area contributed by atoms with E-state index in [1.165, 1.54) is 27.7 Å². The van der Waals surface area contributed by atoms with E-state index in [0.717, 1.165) is 0 Å². The van der Waals surface area contributed by atoms with Crippen molar-refractivity contribution in [2.75, 3.05) is 13.2 Å². The smallest absolute Gasteiger partial charge is 0.463 e. The number of rotatable bonds is 8.